The summed E-state index contributed by atoms with van der Waals surface area (Å²) in [6, 6.07) is 7.41. The normalized spacial score (nSPS) is 10.8. The van der Waals surface area contributed by atoms with Gasteiger partial charge in [0.1, 0.15) is 11.0 Å². The molecule has 16 heavy (non-hydrogen) atoms. The number of nitrogens with one attached hydrogen (secondary N) is 1. The maximum absolute atomic E-state index is 5.83. The van der Waals surface area contributed by atoms with Crippen LogP contribution in [0.3, 0.4) is 0 Å². The van der Waals surface area contributed by atoms with Crippen molar-refractivity contribution in [2.75, 3.05) is 0 Å². The molecule has 0 amide bonds. The van der Waals surface area contributed by atoms with Crippen LogP contribution in [0.15, 0.2) is 36.7 Å². The van der Waals surface area contributed by atoms with Crippen LogP contribution in [-0.4, -0.2) is 19.9 Å². The Labute approximate surface area is 96.3 Å². The zero-order chi connectivity index (χ0) is 11.0. The van der Waals surface area contributed by atoms with Crippen molar-refractivity contribution in [3.8, 4) is 11.4 Å². The number of aromatic amines is 1. The number of nitrogens with zero attached hydrogens (tertiary/aromatic N) is 3. The van der Waals surface area contributed by atoms with E-state index in [9.17, 15) is 0 Å². The molecule has 0 unspecified atom stereocenters. The first-order valence-corrected chi connectivity index (χ1v) is 5.13. The molecule has 0 aliphatic heterocycles. The number of pyridine rings is 2. The molecule has 0 aliphatic rings. The van der Waals surface area contributed by atoms with Crippen molar-refractivity contribution >= 4 is 22.8 Å². The lowest BCUT2D eigenvalue weighted by Gasteiger charge is -1.95. The molecule has 3 aromatic heterocycles. The molecule has 0 radical (unpaired) electrons. The van der Waals surface area contributed by atoms with E-state index in [1.807, 2.05) is 18.2 Å². The molecule has 0 atom stereocenters. The average Bonchev–Trinajstić information content (AvgIpc) is 2.72. The third-order valence-corrected chi connectivity index (χ3v) is 2.46. The lowest BCUT2D eigenvalue weighted by atomic mass is 10.2. The van der Waals surface area contributed by atoms with Gasteiger partial charge in [-0.3, -0.25) is 0 Å². The van der Waals surface area contributed by atoms with Crippen molar-refractivity contribution in [1.82, 2.24) is 19.9 Å². The van der Waals surface area contributed by atoms with Gasteiger partial charge in [0, 0.05) is 18.0 Å². The zero-order valence-corrected chi connectivity index (χ0v) is 8.94. The minimum atomic E-state index is 0.450. The van der Waals surface area contributed by atoms with Gasteiger partial charge in [-0.1, -0.05) is 11.6 Å². The summed E-state index contributed by atoms with van der Waals surface area (Å²) >= 11 is 5.83. The number of hydrogen-bond donors (Lipinski definition) is 1. The van der Waals surface area contributed by atoms with E-state index in [2.05, 4.69) is 19.9 Å². The first-order chi connectivity index (χ1) is 7.83. The summed E-state index contributed by atoms with van der Waals surface area (Å²) in [6.07, 6.45) is 3.37. The first-order valence-electron chi connectivity index (χ1n) is 4.75. The second kappa shape index (κ2) is 3.57. The Kier molecular flexibility index (Phi) is 2.08. The summed E-state index contributed by atoms with van der Waals surface area (Å²) in [6.45, 7) is 0. The molecule has 1 N–H and O–H groups in total. The predicted molar refractivity (Wildman–Crippen MR) is 62.1 cm³/mol. The lowest BCUT2D eigenvalue weighted by molar-refractivity contribution is 1.27. The number of fused-ring (bicyclic) bond motifs is 1. The molecule has 3 rings (SSSR count). The highest BCUT2D eigenvalue weighted by Gasteiger charge is 2.05. The van der Waals surface area contributed by atoms with Gasteiger partial charge in [-0.2, -0.15) is 0 Å². The Bertz CT molecular complexity index is 614. The monoisotopic (exact) mass is 230 g/mol. The standard InChI is InChI=1S/C11H7ClN4/c12-9-6-7(3-5-13-9)10-15-8-2-1-4-14-11(8)16-10/h1-6H,(H,14,15,16). The van der Waals surface area contributed by atoms with E-state index < -0.39 is 0 Å². The summed E-state index contributed by atoms with van der Waals surface area (Å²) in [4.78, 5) is 15.6. The van der Waals surface area contributed by atoms with E-state index in [-0.39, 0.29) is 0 Å². The summed E-state index contributed by atoms with van der Waals surface area (Å²) in [7, 11) is 0. The predicted octanol–water partition coefficient (Wildman–Crippen LogP) is 2.67. The summed E-state index contributed by atoms with van der Waals surface area (Å²) in [5, 5.41) is 0.450. The largest absolute Gasteiger partial charge is 0.337 e. The maximum Gasteiger partial charge on any atom is 0.178 e. The number of hydrogen-bond acceptors (Lipinski definition) is 3. The maximum atomic E-state index is 5.83. The van der Waals surface area contributed by atoms with Crippen LogP contribution in [-0.2, 0) is 0 Å². The summed E-state index contributed by atoms with van der Waals surface area (Å²) in [5.41, 5.74) is 2.51. The van der Waals surface area contributed by atoms with Crippen LogP contribution in [0.5, 0.6) is 0 Å². The van der Waals surface area contributed by atoms with Crippen LogP contribution in [0, 0.1) is 0 Å². The number of halogens is 1. The molecule has 3 aromatic rings. The van der Waals surface area contributed by atoms with Gasteiger partial charge in [-0.15, -0.1) is 0 Å². The molecule has 78 valence electrons. The Morgan fingerprint density at radius 1 is 1.12 bits per heavy atom. The molecular formula is C11H7ClN4. The van der Waals surface area contributed by atoms with Crippen LogP contribution in [0.1, 0.15) is 0 Å². The highest BCUT2D eigenvalue weighted by atomic mass is 35.5. The van der Waals surface area contributed by atoms with Crippen LogP contribution < -0.4 is 0 Å². The smallest absolute Gasteiger partial charge is 0.178 e. The van der Waals surface area contributed by atoms with Gasteiger partial charge in [-0.25, -0.2) is 15.0 Å². The van der Waals surface area contributed by atoms with E-state index in [1.54, 1.807) is 18.5 Å². The molecule has 0 saturated heterocycles. The first kappa shape index (κ1) is 9.30. The van der Waals surface area contributed by atoms with Gasteiger partial charge in [0.2, 0.25) is 0 Å². The summed E-state index contributed by atoms with van der Waals surface area (Å²) in [5.74, 6) is 0.748. The van der Waals surface area contributed by atoms with Crippen molar-refractivity contribution in [2.45, 2.75) is 0 Å². The Hall–Kier alpha value is -1.94. The Morgan fingerprint density at radius 2 is 2.06 bits per heavy atom. The minimum Gasteiger partial charge on any atom is -0.337 e. The van der Waals surface area contributed by atoms with Gasteiger partial charge in [0.05, 0.1) is 5.52 Å². The topological polar surface area (TPSA) is 54.5 Å². The number of imidazole rings is 1. The second-order valence-electron chi connectivity index (χ2n) is 3.33. The van der Waals surface area contributed by atoms with E-state index in [4.69, 9.17) is 11.6 Å². The second-order valence-corrected chi connectivity index (χ2v) is 3.71. The third-order valence-electron chi connectivity index (χ3n) is 2.26. The average molecular weight is 231 g/mol. The number of rotatable bonds is 1. The van der Waals surface area contributed by atoms with Crippen LogP contribution in [0.2, 0.25) is 5.15 Å². The molecule has 0 saturated carbocycles. The van der Waals surface area contributed by atoms with Gasteiger partial charge >= 0.3 is 0 Å². The lowest BCUT2D eigenvalue weighted by Crippen LogP contribution is -1.81. The number of aromatic nitrogens is 4. The fraction of sp³-hybridized carbons (Fsp3) is 0. The highest BCUT2D eigenvalue weighted by Crippen LogP contribution is 2.20. The van der Waals surface area contributed by atoms with Crippen LogP contribution in [0.25, 0.3) is 22.6 Å². The quantitative estimate of drug-likeness (QED) is 0.654. The fourth-order valence-corrected chi connectivity index (χ4v) is 1.71. The van der Waals surface area contributed by atoms with Gasteiger partial charge in [0.25, 0.3) is 0 Å². The van der Waals surface area contributed by atoms with Crippen molar-refractivity contribution < 1.29 is 0 Å². The van der Waals surface area contributed by atoms with Crippen LogP contribution in [0.4, 0.5) is 0 Å². The van der Waals surface area contributed by atoms with Crippen molar-refractivity contribution in [3.05, 3.63) is 41.8 Å². The van der Waals surface area contributed by atoms with Gasteiger partial charge in [-0.05, 0) is 24.3 Å². The van der Waals surface area contributed by atoms with Gasteiger partial charge < -0.3 is 4.98 Å². The molecule has 3 heterocycles. The third kappa shape index (κ3) is 1.53. The van der Waals surface area contributed by atoms with E-state index in [0.717, 1.165) is 16.9 Å². The molecule has 0 bridgehead atoms. The number of H-pyrrole nitrogens is 1. The van der Waals surface area contributed by atoms with Crippen molar-refractivity contribution in [1.29, 1.82) is 0 Å². The minimum absolute atomic E-state index is 0.450. The van der Waals surface area contributed by atoms with Crippen LogP contribution >= 0.6 is 11.6 Å². The van der Waals surface area contributed by atoms with Crippen molar-refractivity contribution in [2.24, 2.45) is 0 Å². The molecule has 0 spiro atoms. The SMILES string of the molecule is Clc1cc(-c2nc3ncccc3[nH]2)ccn1. The molecule has 4 nitrogen and oxygen atoms in total. The Balaban J connectivity index is 2.19. The molecule has 5 heteroatoms. The summed E-state index contributed by atoms with van der Waals surface area (Å²) < 4.78 is 0. The molecular weight excluding hydrogens is 224 g/mol. The molecule has 0 aliphatic carbocycles. The van der Waals surface area contributed by atoms with Gasteiger partial charge in [0.15, 0.2) is 5.65 Å². The zero-order valence-electron chi connectivity index (χ0n) is 8.18. The molecule has 0 fully saturated rings. The van der Waals surface area contributed by atoms with E-state index in [1.165, 1.54) is 0 Å². The van der Waals surface area contributed by atoms with Crippen molar-refractivity contribution in [3.63, 3.8) is 0 Å². The van der Waals surface area contributed by atoms with E-state index in [0.29, 0.717) is 10.8 Å². The highest BCUT2D eigenvalue weighted by molar-refractivity contribution is 6.29. The van der Waals surface area contributed by atoms with E-state index >= 15 is 0 Å². The Morgan fingerprint density at radius 3 is 2.88 bits per heavy atom. The molecule has 0 aromatic carbocycles. The fourth-order valence-electron chi connectivity index (χ4n) is 1.53.